The molecular formula is C17H20O4. The molecule has 4 aliphatic carbocycles. The molecule has 0 aliphatic heterocycles. The van der Waals surface area contributed by atoms with Crippen LogP contribution in [0, 0.1) is 23.2 Å². The molecular weight excluding hydrogens is 268 g/mol. The summed E-state index contributed by atoms with van der Waals surface area (Å²) in [6, 6.07) is 3.19. The van der Waals surface area contributed by atoms with Crippen LogP contribution in [0.3, 0.4) is 0 Å². The first-order valence-corrected chi connectivity index (χ1v) is 7.88. The molecule has 1 aromatic rings. The van der Waals surface area contributed by atoms with Crippen LogP contribution >= 0.6 is 0 Å². The predicted molar refractivity (Wildman–Crippen MR) is 74.6 cm³/mol. The van der Waals surface area contributed by atoms with Gasteiger partial charge >= 0.3 is 5.97 Å². The quantitative estimate of drug-likeness (QED) is 0.798. The SMILES string of the molecule is O=C(OCC(=O)C12CC3CC(CC(C3)C1)C2)c1ccco1. The number of carbonyl (C=O) groups excluding carboxylic acids is 2. The lowest BCUT2D eigenvalue weighted by molar-refractivity contribution is -0.147. The second-order valence-corrected chi connectivity index (χ2v) is 7.17. The summed E-state index contributed by atoms with van der Waals surface area (Å²) in [7, 11) is 0. The van der Waals surface area contributed by atoms with Gasteiger partial charge in [0.05, 0.1) is 6.26 Å². The summed E-state index contributed by atoms with van der Waals surface area (Å²) in [4.78, 5) is 24.4. The number of ketones is 1. The second-order valence-electron chi connectivity index (χ2n) is 7.17. The van der Waals surface area contributed by atoms with Crippen molar-refractivity contribution in [2.45, 2.75) is 38.5 Å². The molecule has 21 heavy (non-hydrogen) atoms. The summed E-state index contributed by atoms with van der Waals surface area (Å²) < 4.78 is 10.1. The van der Waals surface area contributed by atoms with E-state index in [1.54, 1.807) is 12.1 Å². The standard InChI is InChI=1S/C17H20O4/c18-15(10-21-16(19)14-2-1-3-20-14)17-7-11-4-12(8-17)6-13(5-11)9-17/h1-3,11-13H,4-10H2. The molecule has 5 rings (SSSR count). The van der Waals surface area contributed by atoms with Gasteiger partial charge in [0.2, 0.25) is 5.76 Å². The van der Waals surface area contributed by atoms with E-state index in [1.165, 1.54) is 25.5 Å². The summed E-state index contributed by atoms with van der Waals surface area (Å²) in [5.74, 6) is 1.91. The van der Waals surface area contributed by atoms with Crippen LogP contribution in [-0.4, -0.2) is 18.4 Å². The van der Waals surface area contributed by atoms with E-state index >= 15 is 0 Å². The van der Waals surface area contributed by atoms with Crippen molar-refractivity contribution in [2.24, 2.45) is 23.2 Å². The van der Waals surface area contributed by atoms with Gasteiger partial charge in [0, 0.05) is 5.41 Å². The lowest BCUT2D eigenvalue weighted by atomic mass is 9.48. The average Bonchev–Trinajstić information content (AvgIpc) is 2.97. The van der Waals surface area contributed by atoms with E-state index < -0.39 is 5.97 Å². The summed E-state index contributed by atoms with van der Waals surface area (Å²) in [5, 5.41) is 0. The molecule has 0 radical (unpaired) electrons. The van der Waals surface area contributed by atoms with Crippen LogP contribution in [0.1, 0.15) is 49.1 Å². The Bertz CT molecular complexity index is 522. The van der Waals surface area contributed by atoms with Crippen molar-refractivity contribution < 1.29 is 18.7 Å². The Balaban J connectivity index is 1.42. The number of rotatable bonds is 4. The molecule has 0 spiro atoms. The molecule has 0 aromatic carbocycles. The minimum Gasteiger partial charge on any atom is -0.457 e. The Morgan fingerprint density at radius 1 is 1.14 bits per heavy atom. The van der Waals surface area contributed by atoms with Gasteiger partial charge in [-0.05, 0) is 68.4 Å². The summed E-state index contributed by atoms with van der Waals surface area (Å²) >= 11 is 0. The lowest BCUT2D eigenvalue weighted by Crippen LogP contribution is -2.51. The number of hydrogen-bond acceptors (Lipinski definition) is 4. The van der Waals surface area contributed by atoms with Crippen molar-refractivity contribution in [2.75, 3.05) is 6.61 Å². The first kappa shape index (κ1) is 13.1. The zero-order chi connectivity index (χ0) is 14.4. The van der Waals surface area contributed by atoms with Crippen molar-refractivity contribution in [3.05, 3.63) is 24.2 Å². The number of furan rings is 1. The molecule has 4 heteroatoms. The maximum absolute atomic E-state index is 12.7. The molecule has 4 aliphatic rings. The fourth-order valence-corrected chi connectivity index (χ4v) is 5.20. The number of carbonyl (C=O) groups is 2. The number of Topliss-reactive ketones (excluding diaryl/α,β-unsaturated/α-hetero) is 1. The van der Waals surface area contributed by atoms with Gasteiger partial charge in [-0.2, -0.15) is 0 Å². The van der Waals surface area contributed by atoms with Crippen molar-refractivity contribution >= 4 is 11.8 Å². The van der Waals surface area contributed by atoms with E-state index in [-0.39, 0.29) is 23.6 Å². The van der Waals surface area contributed by atoms with Gasteiger partial charge in [-0.3, -0.25) is 4.79 Å². The van der Waals surface area contributed by atoms with Crippen molar-refractivity contribution in [1.82, 2.24) is 0 Å². The van der Waals surface area contributed by atoms with Crippen LogP contribution in [0.2, 0.25) is 0 Å². The molecule has 112 valence electrons. The fraction of sp³-hybridized carbons (Fsp3) is 0.647. The van der Waals surface area contributed by atoms with Gasteiger partial charge in [0.15, 0.2) is 12.4 Å². The highest BCUT2D eigenvalue weighted by atomic mass is 16.5. The molecule has 4 fully saturated rings. The zero-order valence-electron chi connectivity index (χ0n) is 12.0. The monoisotopic (exact) mass is 288 g/mol. The molecule has 4 nitrogen and oxygen atoms in total. The Morgan fingerprint density at radius 3 is 2.29 bits per heavy atom. The van der Waals surface area contributed by atoms with Gasteiger partial charge in [-0.25, -0.2) is 4.79 Å². The highest BCUT2D eigenvalue weighted by molar-refractivity contribution is 5.91. The van der Waals surface area contributed by atoms with E-state index in [2.05, 4.69) is 0 Å². The fourth-order valence-electron chi connectivity index (χ4n) is 5.20. The van der Waals surface area contributed by atoms with Crippen LogP contribution in [-0.2, 0) is 9.53 Å². The molecule has 4 saturated carbocycles. The first-order valence-electron chi connectivity index (χ1n) is 7.88. The molecule has 0 amide bonds. The van der Waals surface area contributed by atoms with Gasteiger partial charge < -0.3 is 9.15 Å². The van der Waals surface area contributed by atoms with Crippen molar-refractivity contribution in [3.63, 3.8) is 0 Å². The van der Waals surface area contributed by atoms with Crippen LogP contribution in [0.25, 0.3) is 0 Å². The van der Waals surface area contributed by atoms with Crippen molar-refractivity contribution in [3.8, 4) is 0 Å². The lowest BCUT2D eigenvalue weighted by Gasteiger charge is -2.55. The topological polar surface area (TPSA) is 56.5 Å². The number of ether oxygens (including phenoxy) is 1. The third kappa shape index (κ3) is 2.21. The minimum absolute atomic E-state index is 0.105. The van der Waals surface area contributed by atoms with E-state index in [9.17, 15) is 9.59 Å². The molecule has 0 N–H and O–H groups in total. The van der Waals surface area contributed by atoms with Gasteiger partial charge in [0.1, 0.15) is 0 Å². The Kier molecular flexibility index (Phi) is 2.95. The minimum atomic E-state index is -0.543. The third-order valence-corrected chi connectivity index (χ3v) is 5.69. The number of esters is 1. The smallest absolute Gasteiger partial charge is 0.374 e. The average molecular weight is 288 g/mol. The molecule has 1 aromatic heterocycles. The van der Waals surface area contributed by atoms with E-state index in [0.717, 1.165) is 37.0 Å². The molecule has 0 unspecified atom stereocenters. The van der Waals surface area contributed by atoms with Gasteiger partial charge in [-0.15, -0.1) is 0 Å². The summed E-state index contributed by atoms with van der Waals surface area (Å²) in [5.41, 5.74) is -0.196. The molecule has 4 bridgehead atoms. The van der Waals surface area contributed by atoms with Crippen molar-refractivity contribution in [1.29, 1.82) is 0 Å². The zero-order valence-corrected chi connectivity index (χ0v) is 12.0. The van der Waals surface area contributed by atoms with E-state index in [4.69, 9.17) is 9.15 Å². The normalized spacial score (nSPS) is 36.7. The molecule has 0 saturated heterocycles. The largest absolute Gasteiger partial charge is 0.457 e. The third-order valence-electron chi connectivity index (χ3n) is 5.69. The molecule has 1 heterocycles. The van der Waals surface area contributed by atoms with E-state index in [1.807, 2.05) is 0 Å². The highest BCUT2D eigenvalue weighted by Crippen LogP contribution is 2.60. The molecule has 0 atom stereocenters. The summed E-state index contributed by atoms with van der Waals surface area (Å²) in [6.45, 7) is -0.105. The summed E-state index contributed by atoms with van der Waals surface area (Å²) in [6.07, 6.45) is 8.37. The Morgan fingerprint density at radius 2 is 1.76 bits per heavy atom. The van der Waals surface area contributed by atoms with Crippen LogP contribution in [0.4, 0.5) is 0 Å². The van der Waals surface area contributed by atoms with E-state index in [0.29, 0.717) is 0 Å². The number of hydrogen-bond donors (Lipinski definition) is 0. The first-order chi connectivity index (χ1) is 10.1. The van der Waals surface area contributed by atoms with Gasteiger partial charge in [0.25, 0.3) is 0 Å². The maximum Gasteiger partial charge on any atom is 0.374 e. The second kappa shape index (κ2) is 4.72. The van der Waals surface area contributed by atoms with Crippen LogP contribution < -0.4 is 0 Å². The maximum atomic E-state index is 12.7. The highest BCUT2D eigenvalue weighted by Gasteiger charge is 2.54. The van der Waals surface area contributed by atoms with Crippen LogP contribution in [0.15, 0.2) is 22.8 Å². The van der Waals surface area contributed by atoms with Crippen LogP contribution in [0.5, 0.6) is 0 Å². The Labute approximate surface area is 123 Å². The predicted octanol–water partition coefficient (Wildman–Crippen LogP) is 3.22. The van der Waals surface area contributed by atoms with Gasteiger partial charge in [-0.1, -0.05) is 0 Å². The Hall–Kier alpha value is -1.58.